The minimum Gasteiger partial charge on any atom is -0.465 e. The number of carbonyl (C=O) groups excluding carboxylic acids is 1. The van der Waals surface area contributed by atoms with E-state index in [9.17, 15) is 4.79 Å². The lowest BCUT2D eigenvalue weighted by Crippen LogP contribution is -2.07. The highest BCUT2D eigenvalue weighted by Gasteiger charge is 2.19. The molecule has 1 aromatic carbocycles. The number of benzene rings is 1. The Kier molecular flexibility index (Phi) is 2.25. The van der Waals surface area contributed by atoms with Gasteiger partial charge < -0.3 is 10.1 Å². The predicted octanol–water partition coefficient (Wildman–Crippen LogP) is 1.64. The normalized spacial score (nSPS) is 19.1. The van der Waals surface area contributed by atoms with Crippen LogP contribution in [0.2, 0.25) is 0 Å². The molecule has 0 amide bonds. The molecular weight excluding hydrogens is 178 g/mol. The molecule has 0 bridgehead atoms. The van der Waals surface area contributed by atoms with Crippen LogP contribution in [0.3, 0.4) is 0 Å². The van der Waals surface area contributed by atoms with E-state index in [-0.39, 0.29) is 5.97 Å². The molecule has 2 rings (SSSR count). The largest absolute Gasteiger partial charge is 0.465 e. The van der Waals surface area contributed by atoms with Crippen LogP contribution in [-0.4, -0.2) is 13.1 Å². The summed E-state index contributed by atoms with van der Waals surface area (Å²) in [5, 5.41) is 3.32. The highest BCUT2D eigenvalue weighted by molar-refractivity contribution is 5.89. The number of fused-ring (bicyclic) bond motifs is 1. The molecule has 1 unspecified atom stereocenters. The molecule has 0 aliphatic carbocycles. The molecule has 0 spiro atoms. The third-order valence-electron chi connectivity index (χ3n) is 2.63. The maximum Gasteiger partial charge on any atom is 0.337 e. The summed E-state index contributed by atoms with van der Waals surface area (Å²) in [4.78, 5) is 11.3. The highest BCUT2D eigenvalue weighted by atomic mass is 16.5. The van der Waals surface area contributed by atoms with Crippen molar-refractivity contribution in [2.45, 2.75) is 19.5 Å². The summed E-state index contributed by atoms with van der Waals surface area (Å²) in [5.74, 6) is -0.271. The monoisotopic (exact) mass is 191 g/mol. The van der Waals surface area contributed by atoms with Gasteiger partial charge in [-0.1, -0.05) is 6.07 Å². The molecule has 1 heterocycles. The Balaban J connectivity index is 2.39. The van der Waals surface area contributed by atoms with Gasteiger partial charge in [0.25, 0.3) is 0 Å². The van der Waals surface area contributed by atoms with Crippen LogP contribution in [0.25, 0.3) is 0 Å². The first-order valence-electron chi connectivity index (χ1n) is 4.67. The molecule has 1 N–H and O–H groups in total. The van der Waals surface area contributed by atoms with Crippen molar-refractivity contribution in [2.24, 2.45) is 0 Å². The van der Waals surface area contributed by atoms with Crippen LogP contribution in [0.1, 0.15) is 34.5 Å². The van der Waals surface area contributed by atoms with Gasteiger partial charge in [0.15, 0.2) is 0 Å². The summed E-state index contributed by atoms with van der Waals surface area (Å²) >= 11 is 0. The zero-order valence-electron chi connectivity index (χ0n) is 8.33. The zero-order valence-corrected chi connectivity index (χ0v) is 8.33. The summed E-state index contributed by atoms with van der Waals surface area (Å²) in [6.45, 7) is 2.98. The lowest BCUT2D eigenvalue weighted by Gasteiger charge is -2.05. The fraction of sp³-hybridized carbons (Fsp3) is 0.364. The molecule has 0 saturated heterocycles. The third kappa shape index (κ3) is 1.40. The number of hydrogen-bond donors (Lipinski definition) is 1. The molecule has 74 valence electrons. The van der Waals surface area contributed by atoms with Gasteiger partial charge in [-0.15, -0.1) is 0 Å². The highest BCUT2D eigenvalue weighted by Crippen LogP contribution is 2.25. The van der Waals surface area contributed by atoms with Gasteiger partial charge in [-0.2, -0.15) is 0 Å². The summed E-state index contributed by atoms with van der Waals surface area (Å²) in [7, 11) is 1.40. The fourth-order valence-electron chi connectivity index (χ4n) is 1.78. The predicted molar refractivity (Wildman–Crippen MR) is 53.0 cm³/mol. The molecule has 14 heavy (non-hydrogen) atoms. The van der Waals surface area contributed by atoms with Crippen LogP contribution >= 0.6 is 0 Å². The van der Waals surface area contributed by atoms with Gasteiger partial charge >= 0.3 is 5.97 Å². The van der Waals surface area contributed by atoms with Crippen molar-refractivity contribution in [3.8, 4) is 0 Å². The van der Waals surface area contributed by atoms with Crippen LogP contribution in [-0.2, 0) is 11.3 Å². The summed E-state index contributed by atoms with van der Waals surface area (Å²) in [6, 6.07) is 6.03. The first-order chi connectivity index (χ1) is 6.72. The fourth-order valence-corrected chi connectivity index (χ4v) is 1.78. The third-order valence-corrected chi connectivity index (χ3v) is 2.63. The smallest absolute Gasteiger partial charge is 0.337 e. The van der Waals surface area contributed by atoms with Crippen LogP contribution in [0.5, 0.6) is 0 Å². The average Bonchev–Trinajstić information content (AvgIpc) is 2.59. The Morgan fingerprint density at radius 2 is 2.36 bits per heavy atom. The number of ether oxygens (including phenoxy) is 1. The Morgan fingerprint density at radius 3 is 3.07 bits per heavy atom. The average molecular weight is 191 g/mol. The van der Waals surface area contributed by atoms with Crippen LogP contribution in [0.4, 0.5) is 0 Å². The summed E-state index contributed by atoms with van der Waals surface area (Å²) in [6.07, 6.45) is 0. The van der Waals surface area contributed by atoms with Crippen LogP contribution in [0, 0.1) is 0 Å². The van der Waals surface area contributed by atoms with Crippen molar-refractivity contribution in [2.75, 3.05) is 7.11 Å². The maximum absolute atomic E-state index is 11.3. The molecule has 3 heteroatoms. The topological polar surface area (TPSA) is 38.3 Å². The number of rotatable bonds is 1. The van der Waals surface area contributed by atoms with Gasteiger partial charge in [0.05, 0.1) is 12.7 Å². The van der Waals surface area contributed by atoms with E-state index in [1.165, 1.54) is 18.2 Å². The van der Waals surface area contributed by atoms with E-state index in [1.807, 2.05) is 18.2 Å². The van der Waals surface area contributed by atoms with E-state index in [4.69, 9.17) is 0 Å². The number of esters is 1. The Labute approximate surface area is 83.1 Å². The van der Waals surface area contributed by atoms with Gasteiger partial charge in [-0.3, -0.25) is 0 Å². The zero-order chi connectivity index (χ0) is 10.1. The first kappa shape index (κ1) is 9.21. The number of hydrogen-bond acceptors (Lipinski definition) is 3. The molecular formula is C11H13NO2. The standard InChI is InChI=1S/C11H13NO2/c1-7-10-5-8(11(13)14-2)3-4-9(10)6-12-7/h3-5,7,12H,6H2,1-2H3. The van der Waals surface area contributed by atoms with Crippen LogP contribution in [0.15, 0.2) is 18.2 Å². The molecule has 1 atom stereocenters. The quantitative estimate of drug-likeness (QED) is 0.686. The van der Waals surface area contributed by atoms with E-state index in [0.29, 0.717) is 11.6 Å². The lowest BCUT2D eigenvalue weighted by molar-refractivity contribution is 0.0600. The second kappa shape index (κ2) is 3.42. The van der Waals surface area contributed by atoms with E-state index in [0.717, 1.165) is 6.54 Å². The van der Waals surface area contributed by atoms with Crippen molar-refractivity contribution < 1.29 is 9.53 Å². The number of methoxy groups -OCH3 is 1. The van der Waals surface area contributed by atoms with Gasteiger partial charge in [0.2, 0.25) is 0 Å². The molecule has 3 nitrogen and oxygen atoms in total. The second-order valence-electron chi connectivity index (χ2n) is 3.51. The lowest BCUT2D eigenvalue weighted by atomic mass is 10.0. The van der Waals surface area contributed by atoms with Gasteiger partial charge in [0, 0.05) is 12.6 Å². The summed E-state index contributed by atoms with van der Waals surface area (Å²) in [5.41, 5.74) is 3.10. The van der Waals surface area contributed by atoms with Gasteiger partial charge in [-0.05, 0) is 30.2 Å². The van der Waals surface area contributed by atoms with Crippen molar-refractivity contribution in [1.29, 1.82) is 0 Å². The minimum absolute atomic E-state index is 0.271. The van der Waals surface area contributed by atoms with E-state index in [1.54, 1.807) is 0 Å². The van der Waals surface area contributed by atoms with Crippen molar-refractivity contribution in [3.63, 3.8) is 0 Å². The van der Waals surface area contributed by atoms with E-state index >= 15 is 0 Å². The molecule has 0 radical (unpaired) electrons. The molecule has 0 fully saturated rings. The van der Waals surface area contributed by atoms with Crippen molar-refractivity contribution in [1.82, 2.24) is 5.32 Å². The molecule has 1 aliphatic rings. The Hall–Kier alpha value is -1.35. The van der Waals surface area contributed by atoms with Crippen molar-refractivity contribution in [3.05, 3.63) is 34.9 Å². The van der Waals surface area contributed by atoms with Gasteiger partial charge in [-0.25, -0.2) is 4.79 Å². The Bertz CT molecular complexity index is 374. The molecule has 0 saturated carbocycles. The number of carbonyl (C=O) groups is 1. The van der Waals surface area contributed by atoms with Crippen LogP contribution < -0.4 is 5.32 Å². The van der Waals surface area contributed by atoms with Gasteiger partial charge in [0.1, 0.15) is 0 Å². The van der Waals surface area contributed by atoms with Crippen molar-refractivity contribution >= 4 is 5.97 Å². The number of nitrogens with one attached hydrogen (secondary N) is 1. The van der Waals surface area contributed by atoms with E-state index < -0.39 is 0 Å². The SMILES string of the molecule is COC(=O)c1ccc2c(c1)C(C)NC2. The molecule has 1 aromatic rings. The summed E-state index contributed by atoms with van der Waals surface area (Å²) < 4.78 is 4.67. The maximum atomic E-state index is 11.3. The first-order valence-corrected chi connectivity index (χ1v) is 4.67. The molecule has 1 aliphatic heterocycles. The van der Waals surface area contributed by atoms with E-state index in [2.05, 4.69) is 17.0 Å². The Morgan fingerprint density at radius 1 is 1.57 bits per heavy atom. The minimum atomic E-state index is -0.271. The second-order valence-corrected chi connectivity index (χ2v) is 3.51. The molecule has 0 aromatic heterocycles.